The van der Waals surface area contributed by atoms with Crippen molar-refractivity contribution in [2.45, 2.75) is 19.3 Å². The Morgan fingerprint density at radius 3 is 2.73 bits per heavy atom. The Labute approximate surface area is 142 Å². The second-order valence-corrected chi connectivity index (χ2v) is 6.26. The first-order valence-electron chi connectivity index (χ1n) is 9.21. The lowest BCUT2D eigenvalue weighted by atomic mass is 10.0. The van der Waals surface area contributed by atoms with Gasteiger partial charge in [-0.15, -0.1) is 0 Å². The number of hydrogen-bond donors (Lipinski definition) is 0. The molecular weight excluding hydrogens is 292 g/mol. The van der Waals surface area contributed by atoms with Gasteiger partial charge in [0.05, 0.1) is 0 Å². The summed E-state index contributed by atoms with van der Waals surface area (Å²) in [5.74, 6) is 0. The highest BCUT2D eigenvalue weighted by molar-refractivity contribution is 6.30. The van der Waals surface area contributed by atoms with Gasteiger partial charge in [-0.05, 0) is 69.2 Å². The summed E-state index contributed by atoms with van der Waals surface area (Å²) < 4.78 is 22.5. The Kier molecular flexibility index (Phi) is 3.66. The van der Waals surface area contributed by atoms with Crippen molar-refractivity contribution in [2.24, 2.45) is 0 Å². The molecule has 1 aliphatic heterocycles. The highest BCUT2D eigenvalue weighted by Gasteiger charge is 2.20. The van der Waals surface area contributed by atoms with E-state index in [1.165, 1.54) is 21.7 Å². The first-order valence-corrected chi connectivity index (χ1v) is 8.09. The largest absolute Gasteiger partial charge is 0.341 e. The lowest BCUT2D eigenvalue weighted by Crippen LogP contribution is -2.24. The van der Waals surface area contributed by atoms with Gasteiger partial charge >= 0.3 is 0 Å². The van der Waals surface area contributed by atoms with Crippen LogP contribution in [-0.2, 0) is 12.8 Å². The summed E-state index contributed by atoms with van der Waals surface area (Å²) in [5.41, 5.74) is 4.93. The van der Waals surface area contributed by atoms with Crippen LogP contribution in [0.15, 0.2) is 42.5 Å². The van der Waals surface area contributed by atoms with E-state index in [4.69, 9.17) is 15.7 Å². The van der Waals surface area contributed by atoms with E-state index in [9.17, 15) is 0 Å². The van der Waals surface area contributed by atoms with E-state index in [2.05, 4.69) is 35.2 Å². The van der Waals surface area contributed by atoms with E-state index in [0.717, 1.165) is 36.5 Å². The second-order valence-electron chi connectivity index (χ2n) is 5.83. The molecule has 0 radical (unpaired) electrons. The summed E-state index contributed by atoms with van der Waals surface area (Å²) in [7, 11) is 1.65. The SMILES string of the molecule is [2H]C([2H])([2H])N(C)CCCN1c2ccccc2CCc2ccc(Cl)cc21. The van der Waals surface area contributed by atoms with E-state index < -0.39 is 6.98 Å². The molecular formula is C19H23ClN2. The van der Waals surface area contributed by atoms with E-state index in [1.54, 1.807) is 7.05 Å². The molecule has 2 nitrogen and oxygen atoms in total. The van der Waals surface area contributed by atoms with E-state index in [0.29, 0.717) is 6.54 Å². The van der Waals surface area contributed by atoms with E-state index in [1.807, 2.05) is 12.1 Å². The molecule has 0 unspecified atom stereocenters. The van der Waals surface area contributed by atoms with Crippen molar-refractivity contribution in [2.75, 3.05) is 32.0 Å². The maximum absolute atomic E-state index is 7.49. The molecule has 0 atom stereocenters. The lowest BCUT2D eigenvalue weighted by molar-refractivity contribution is 0.402. The molecule has 0 aliphatic carbocycles. The van der Waals surface area contributed by atoms with Gasteiger partial charge in [-0.25, -0.2) is 0 Å². The van der Waals surface area contributed by atoms with Crippen LogP contribution in [-0.4, -0.2) is 32.0 Å². The topological polar surface area (TPSA) is 6.48 Å². The van der Waals surface area contributed by atoms with Gasteiger partial charge in [-0.1, -0.05) is 35.9 Å². The Bertz CT molecular complexity index is 746. The number of para-hydroxylation sites is 1. The molecule has 0 aromatic heterocycles. The molecule has 3 heteroatoms. The van der Waals surface area contributed by atoms with Gasteiger partial charge in [0, 0.05) is 27.1 Å². The van der Waals surface area contributed by atoms with Crippen molar-refractivity contribution in [3.05, 3.63) is 58.6 Å². The molecule has 2 aromatic carbocycles. The highest BCUT2D eigenvalue weighted by atomic mass is 35.5. The van der Waals surface area contributed by atoms with Crippen molar-refractivity contribution >= 4 is 23.0 Å². The Hall–Kier alpha value is -1.51. The third-order valence-corrected chi connectivity index (χ3v) is 4.39. The fraction of sp³-hybridized carbons (Fsp3) is 0.368. The fourth-order valence-electron chi connectivity index (χ4n) is 3.09. The van der Waals surface area contributed by atoms with Crippen molar-refractivity contribution in [3.8, 4) is 0 Å². The van der Waals surface area contributed by atoms with Crippen molar-refractivity contribution in [1.29, 1.82) is 0 Å². The maximum atomic E-state index is 7.49. The van der Waals surface area contributed by atoms with Gasteiger partial charge in [-0.2, -0.15) is 0 Å². The van der Waals surface area contributed by atoms with Gasteiger partial charge in [0.15, 0.2) is 0 Å². The van der Waals surface area contributed by atoms with Gasteiger partial charge in [-0.3, -0.25) is 0 Å². The minimum absolute atomic E-state index is 0.519. The molecule has 2 aromatic rings. The number of anilines is 2. The quantitative estimate of drug-likeness (QED) is 0.817. The zero-order valence-electron chi connectivity index (χ0n) is 15.8. The van der Waals surface area contributed by atoms with Crippen LogP contribution >= 0.6 is 11.6 Å². The molecule has 22 heavy (non-hydrogen) atoms. The smallest absolute Gasteiger partial charge is 0.0458 e. The van der Waals surface area contributed by atoms with Crippen LogP contribution in [0.1, 0.15) is 21.7 Å². The van der Waals surface area contributed by atoms with Gasteiger partial charge < -0.3 is 9.80 Å². The summed E-state index contributed by atoms with van der Waals surface area (Å²) in [6, 6.07) is 14.5. The highest BCUT2D eigenvalue weighted by Crippen LogP contribution is 2.37. The first-order chi connectivity index (χ1) is 11.9. The molecule has 0 amide bonds. The second kappa shape index (κ2) is 6.72. The average molecular weight is 318 g/mol. The fourth-order valence-corrected chi connectivity index (χ4v) is 3.26. The van der Waals surface area contributed by atoms with Crippen molar-refractivity contribution in [1.82, 2.24) is 4.90 Å². The van der Waals surface area contributed by atoms with Crippen LogP contribution in [0.25, 0.3) is 0 Å². The zero-order valence-corrected chi connectivity index (χ0v) is 13.6. The van der Waals surface area contributed by atoms with E-state index in [-0.39, 0.29) is 0 Å². The molecule has 0 saturated carbocycles. The van der Waals surface area contributed by atoms with Crippen LogP contribution < -0.4 is 4.90 Å². The van der Waals surface area contributed by atoms with Gasteiger partial charge in [0.1, 0.15) is 0 Å². The normalized spacial score (nSPS) is 16.3. The third kappa shape index (κ3) is 3.29. The average Bonchev–Trinajstić information content (AvgIpc) is 2.71. The van der Waals surface area contributed by atoms with Crippen LogP contribution in [0.2, 0.25) is 5.02 Å². The number of aryl methyl sites for hydroxylation is 2. The Morgan fingerprint density at radius 1 is 1.14 bits per heavy atom. The molecule has 0 fully saturated rings. The molecule has 116 valence electrons. The molecule has 0 bridgehead atoms. The molecule has 0 saturated heterocycles. The first kappa shape index (κ1) is 12.0. The molecule has 3 rings (SSSR count). The van der Waals surface area contributed by atoms with Crippen molar-refractivity contribution in [3.63, 3.8) is 0 Å². The van der Waals surface area contributed by atoms with Crippen LogP contribution in [0, 0.1) is 0 Å². The number of halogens is 1. The molecule has 0 N–H and O–H groups in total. The van der Waals surface area contributed by atoms with Crippen LogP contribution in [0.5, 0.6) is 0 Å². The monoisotopic (exact) mass is 317 g/mol. The minimum Gasteiger partial charge on any atom is -0.341 e. The van der Waals surface area contributed by atoms with Crippen LogP contribution in [0.3, 0.4) is 0 Å². The number of fused-ring (bicyclic) bond motifs is 2. The summed E-state index contributed by atoms with van der Waals surface area (Å²) in [5, 5.41) is 0.725. The van der Waals surface area contributed by atoms with Crippen molar-refractivity contribution < 1.29 is 4.11 Å². The predicted octanol–water partition coefficient (Wildman–Crippen LogP) is 4.53. The predicted molar refractivity (Wildman–Crippen MR) is 95.5 cm³/mol. The Morgan fingerprint density at radius 2 is 1.91 bits per heavy atom. The standard InChI is InChI=1S/C19H23ClN2/c1-21(2)12-5-13-22-18-7-4-3-6-15(18)8-9-16-10-11-17(20)14-19(16)22/h3-4,6-7,10-11,14H,5,8-9,12-13H2,1-2H3/i1D3. The maximum Gasteiger partial charge on any atom is 0.0458 e. The van der Waals surface area contributed by atoms with Crippen LogP contribution in [0.4, 0.5) is 11.4 Å². The lowest BCUT2D eigenvalue weighted by Gasteiger charge is -2.27. The zero-order chi connectivity index (χ0) is 18.0. The minimum atomic E-state index is -2.04. The third-order valence-electron chi connectivity index (χ3n) is 4.16. The summed E-state index contributed by atoms with van der Waals surface area (Å²) >= 11 is 6.26. The number of rotatable bonds is 4. The summed E-state index contributed by atoms with van der Waals surface area (Å²) in [6.07, 6.45) is 2.74. The van der Waals surface area contributed by atoms with Gasteiger partial charge in [0.25, 0.3) is 0 Å². The van der Waals surface area contributed by atoms with E-state index >= 15 is 0 Å². The molecule has 1 aliphatic rings. The molecule has 0 spiro atoms. The number of hydrogen-bond acceptors (Lipinski definition) is 2. The summed E-state index contributed by atoms with van der Waals surface area (Å²) in [4.78, 5) is 3.71. The number of nitrogens with zero attached hydrogens (tertiary/aromatic N) is 2. The van der Waals surface area contributed by atoms with Gasteiger partial charge in [0.2, 0.25) is 0 Å². The summed E-state index contributed by atoms with van der Waals surface area (Å²) in [6.45, 7) is -0.770. The Balaban J connectivity index is 1.87. The number of benzene rings is 2. The molecule has 1 heterocycles.